The zero-order valence-corrected chi connectivity index (χ0v) is 14.5. The standard InChI is InChI=1S/C17H24ClNO4/c1-3-22-12-6-10-19(11-9-16(20)23-4-2)17(21)14-7-5-8-15(18)13-14/h5,7-8,13H,3-4,6,9-12H2,1-2H3. The Labute approximate surface area is 142 Å². The summed E-state index contributed by atoms with van der Waals surface area (Å²) in [5.74, 6) is -0.450. The van der Waals surface area contributed by atoms with E-state index in [9.17, 15) is 9.59 Å². The Kier molecular flexibility index (Phi) is 9.33. The SMILES string of the molecule is CCOCCCN(CCC(=O)OCC)C(=O)c1cccc(Cl)c1. The molecule has 128 valence electrons. The molecular formula is C17H24ClNO4. The van der Waals surface area contributed by atoms with E-state index in [0.717, 1.165) is 0 Å². The highest BCUT2D eigenvalue weighted by molar-refractivity contribution is 6.30. The zero-order valence-electron chi connectivity index (χ0n) is 13.7. The van der Waals surface area contributed by atoms with Crippen molar-refractivity contribution >= 4 is 23.5 Å². The lowest BCUT2D eigenvalue weighted by molar-refractivity contribution is -0.143. The molecule has 1 amide bonds. The van der Waals surface area contributed by atoms with Crippen LogP contribution in [-0.4, -0.2) is 49.7 Å². The Hall–Kier alpha value is -1.59. The van der Waals surface area contributed by atoms with Crippen LogP contribution in [0.15, 0.2) is 24.3 Å². The molecule has 1 aromatic rings. The van der Waals surface area contributed by atoms with Gasteiger partial charge in [0.1, 0.15) is 0 Å². The van der Waals surface area contributed by atoms with Crippen LogP contribution in [0.1, 0.15) is 37.0 Å². The van der Waals surface area contributed by atoms with Gasteiger partial charge in [0.15, 0.2) is 0 Å². The number of amides is 1. The summed E-state index contributed by atoms with van der Waals surface area (Å²) >= 11 is 5.94. The van der Waals surface area contributed by atoms with Gasteiger partial charge in [-0.3, -0.25) is 9.59 Å². The molecule has 0 saturated heterocycles. The summed E-state index contributed by atoms with van der Waals surface area (Å²) in [7, 11) is 0. The van der Waals surface area contributed by atoms with Gasteiger partial charge in [-0.05, 0) is 38.5 Å². The van der Waals surface area contributed by atoms with Crippen molar-refractivity contribution < 1.29 is 19.1 Å². The smallest absolute Gasteiger partial charge is 0.307 e. The summed E-state index contributed by atoms with van der Waals surface area (Å²) in [5, 5.41) is 0.510. The number of rotatable bonds is 10. The first-order valence-electron chi connectivity index (χ1n) is 7.86. The number of benzene rings is 1. The number of ether oxygens (including phenoxy) is 2. The Morgan fingerprint density at radius 1 is 1.17 bits per heavy atom. The normalized spacial score (nSPS) is 10.4. The maximum Gasteiger partial charge on any atom is 0.307 e. The van der Waals surface area contributed by atoms with E-state index >= 15 is 0 Å². The maximum atomic E-state index is 12.6. The molecule has 0 N–H and O–H groups in total. The second-order valence-corrected chi connectivity index (χ2v) is 5.34. The van der Waals surface area contributed by atoms with E-state index in [1.807, 2.05) is 6.92 Å². The summed E-state index contributed by atoms with van der Waals surface area (Å²) < 4.78 is 10.2. The molecule has 0 aliphatic rings. The fourth-order valence-electron chi connectivity index (χ4n) is 2.08. The van der Waals surface area contributed by atoms with Crippen molar-refractivity contribution in [1.29, 1.82) is 0 Å². The van der Waals surface area contributed by atoms with Crippen LogP contribution in [0.2, 0.25) is 5.02 Å². The number of nitrogens with zero attached hydrogens (tertiary/aromatic N) is 1. The van der Waals surface area contributed by atoms with Crippen LogP contribution in [0.4, 0.5) is 0 Å². The first-order chi connectivity index (χ1) is 11.1. The van der Waals surface area contributed by atoms with Gasteiger partial charge in [-0.2, -0.15) is 0 Å². The van der Waals surface area contributed by atoms with Crippen molar-refractivity contribution in [2.75, 3.05) is 32.9 Å². The van der Waals surface area contributed by atoms with Crippen LogP contribution in [-0.2, 0) is 14.3 Å². The Morgan fingerprint density at radius 3 is 2.61 bits per heavy atom. The van der Waals surface area contributed by atoms with Crippen molar-refractivity contribution in [3.63, 3.8) is 0 Å². The third kappa shape index (κ3) is 7.48. The fraction of sp³-hybridized carbons (Fsp3) is 0.529. The van der Waals surface area contributed by atoms with Crippen LogP contribution < -0.4 is 0 Å². The molecule has 0 saturated carbocycles. The number of carbonyl (C=O) groups is 2. The van der Waals surface area contributed by atoms with Crippen molar-refractivity contribution in [3.05, 3.63) is 34.9 Å². The Morgan fingerprint density at radius 2 is 1.96 bits per heavy atom. The van der Waals surface area contributed by atoms with Crippen LogP contribution in [0, 0.1) is 0 Å². The molecule has 0 radical (unpaired) electrons. The third-order valence-corrected chi connectivity index (χ3v) is 3.41. The summed E-state index contributed by atoms with van der Waals surface area (Å²) in [6.45, 7) is 6.08. The van der Waals surface area contributed by atoms with Gasteiger partial charge in [0.05, 0.1) is 13.0 Å². The molecule has 0 aromatic heterocycles. The zero-order chi connectivity index (χ0) is 17.1. The third-order valence-electron chi connectivity index (χ3n) is 3.17. The van der Waals surface area contributed by atoms with Crippen LogP contribution in [0.3, 0.4) is 0 Å². The monoisotopic (exact) mass is 341 g/mol. The fourth-order valence-corrected chi connectivity index (χ4v) is 2.27. The highest BCUT2D eigenvalue weighted by atomic mass is 35.5. The van der Waals surface area contributed by atoms with E-state index in [2.05, 4.69) is 0 Å². The van der Waals surface area contributed by atoms with Gasteiger partial charge in [-0.15, -0.1) is 0 Å². The minimum Gasteiger partial charge on any atom is -0.466 e. The number of halogens is 1. The molecular weight excluding hydrogens is 318 g/mol. The highest BCUT2D eigenvalue weighted by Gasteiger charge is 2.17. The largest absolute Gasteiger partial charge is 0.466 e. The second-order valence-electron chi connectivity index (χ2n) is 4.91. The molecule has 0 spiro atoms. The predicted molar refractivity (Wildman–Crippen MR) is 89.7 cm³/mol. The molecule has 23 heavy (non-hydrogen) atoms. The van der Waals surface area contributed by atoms with E-state index in [4.69, 9.17) is 21.1 Å². The van der Waals surface area contributed by atoms with Gasteiger partial charge >= 0.3 is 5.97 Å². The van der Waals surface area contributed by atoms with E-state index in [-0.39, 0.29) is 18.3 Å². The van der Waals surface area contributed by atoms with Crippen molar-refractivity contribution in [2.24, 2.45) is 0 Å². The lowest BCUT2D eigenvalue weighted by Crippen LogP contribution is -2.34. The van der Waals surface area contributed by atoms with Gasteiger partial charge in [0, 0.05) is 36.9 Å². The molecule has 1 rings (SSSR count). The molecule has 0 aliphatic carbocycles. The molecule has 0 unspecified atom stereocenters. The Balaban J connectivity index is 2.68. The summed E-state index contributed by atoms with van der Waals surface area (Å²) in [5.41, 5.74) is 0.512. The average Bonchev–Trinajstić information content (AvgIpc) is 2.54. The van der Waals surface area contributed by atoms with Crippen LogP contribution in [0.5, 0.6) is 0 Å². The van der Waals surface area contributed by atoms with Crippen molar-refractivity contribution in [1.82, 2.24) is 4.90 Å². The molecule has 5 nitrogen and oxygen atoms in total. The lowest BCUT2D eigenvalue weighted by Gasteiger charge is -2.22. The van der Waals surface area contributed by atoms with E-state index in [1.165, 1.54) is 0 Å². The van der Waals surface area contributed by atoms with Gasteiger partial charge in [0.25, 0.3) is 5.91 Å². The molecule has 0 fully saturated rings. The molecule has 6 heteroatoms. The molecule has 0 bridgehead atoms. The van der Waals surface area contributed by atoms with Crippen LogP contribution in [0.25, 0.3) is 0 Å². The lowest BCUT2D eigenvalue weighted by atomic mass is 10.2. The number of esters is 1. The topological polar surface area (TPSA) is 55.8 Å². The average molecular weight is 342 g/mol. The predicted octanol–water partition coefficient (Wildman–Crippen LogP) is 3.16. The number of hydrogen-bond donors (Lipinski definition) is 0. The van der Waals surface area contributed by atoms with Crippen LogP contribution >= 0.6 is 11.6 Å². The summed E-state index contributed by atoms with van der Waals surface area (Å²) in [6.07, 6.45) is 0.887. The molecule has 0 atom stereocenters. The summed E-state index contributed by atoms with van der Waals surface area (Å²) in [6, 6.07) is 6.80. The van der Waals surface area contributed by atoms with E-state index in [0.29, 0.717) is 49.9 Å². The quantitative estimate of drug-likeness (QED) is 0.484. The van der Waals surface area contributed by atoms with Gasteiger partial charge < -0.3 is 14.4 Å². The van der Waals surface area contributed by atoms with E-state index < -0.39 is 0 Å². The molecule has 1 aromatic carbocycles. The Bertz CT molecular complexity index is 507. The molecule has 0 heterocycles. The highest BCUT2D eigenvalue weighted by Crippen LogP contribution is 2.13. The minimum absolute atomic E-state index is 0.145. The second kappa shape index (κ2) is 11.0. The van der Waals surface area contributed by atoms with Crippen molar-refractivity contribution in [2.45, 2.75) is 26.7 Å². The van der Waals surface area contributed by atoms with Gasteiger partial charge in [-0.25, -0.2) is 0 Å². The minimum atomic E-state index is -0.304. The van der Waals surface area contributed by atoms with Gasteiger partial charge in [-0.1, -0.05) is 17.7 Å². The van der Waals surface area contributed by atoms with Gasteiger partial charge in [0.2, 0.25) is 0 Å². The number of hydrogen-bond acceptors (Lipinski definition) is 4. The number of carbonyl (C=O) groups excluding carboxylic acids is 2. The van der Waals surface area contributed by atoms with E-state index in [1.54, 1.807) is 36.1 Å². The first kappa shape index (κ1) is 19.5. The molecule has 0 aliphatic heterocycles. The first-order valence-corrected chi connectivity index (χ1v) is 8.24. The maximum absolute atomic E-state index is 12.6. The summed E-state index contributed by atoms with van der Waals surface area (Å²) in [4.78, 5) is 25.8. The van der Waals surface area contributed by atoms with Crippen molar-refractivity contribution in [3.8, 4) is 0 Å².